The normalized spacial score (nSPS) is 16.2. The Balaban J connectivity index is 1.89. The fraction of sp³-hybridized carbons (Fsp3) is 0.500. The molecule has 1 atom stereocenters. The first-order valence-corrected chi connectivity index (χ1v) is 6.20. The van der Waals surface area contributed by atoms with Gasteiger partial charge in [-0.3, -0.25) is 5.32 Å². The van der Waals surface area contributed by atoms with Crippen LogP contribution in [-0.4, -0.2) is 18.7 Å². The molecule has 0 aliphatic heterocycles. The zero-order valence-corrected chi connectivity index (χ0v) is 10.1. The van der Waals surface area contributed by atoms with E-state index in [9.17, 15) is 0 Å². The summed E-state index contributed by atoms with van der Waals surface area (Å²) in [6.45, 7) is 2.52. The largest absolute Gasteiger partial charge is 0.491 e. The summed E-state index contributed by atoms with van der Waals surface area (Å²) >= 11 is 0. The van der Waals surface area contributed by atoms with E-state index < -0.39 is 0 Å². The lowest BCUT2D eigenvalue weighted by atomic mass is 10.1. The highest BCUT2D eigenvalue weighted by molar-refractivity contribution is 5.33. The first-order valence-electron chi connectivity index (χ1n) is 6.20. The highest BCUT2D eigenvalue weighted by atomic mass is 16.5. The van der Waals surface area contributed by atoms with Crippen LogP contribution in [0.2, 0.25) is 0 Å². The SMILES string of the molecule is CCc1ccccc1OCC(C#N)NC1CC1. The molecule has 90 valence electrons. The summed E-state index contributed by atoms with van der Waals surface area (Å²) in [5.41, 5.74) is 1.19. The van der Waals surface area contributed by atoms with Crippen LogP contribution in [0.4, 0.5) is 0 Å². The first-order chi connectivity index (χ1) is 8.33. The van der Waals surface area contributed by atoms with E-state index >= 15 is 0 Å². The predicted octanol–water partition coefficient (Wildman–Crippen LogP) is 2.27. The number of nitrogens with one attached hydrogen (secondary N) is 1. The van der Waals surface area contributed by atoms with Crippen molar-refractivity contribution in [2.45, 2.75) is 38.3 Å². The van der Waals surface area contributed by atoms with Gasteiger partial charge < -0.3 is 4.74 Å². The van der Waals surface area contributed by atoms with E-state index in [-0.39, 0.29) is 6.04 Å². The van der Waals surface area contributed by atoms with Crippen molar-refractivity contribution in [3.63, 3.8) is 0 Å². The third-order valence-electron chi connectivity index (χ3n) is 2.93. The zero-order chi connectivity index (χ0) is 12.1. The number of aryl methyl sites for hydroxylation is 1. The van der Waals surface area contributed by atoms with Crippen molar-refractivity contribution < 1.29 is 4.74 Å². The number of nitriles is 1. The van der Waals surface area contributed by atoms with Gasteiger partial charge in [0.05, 0.1) is 6.07 Å². The molecular weight excluding hydrogens is 212 g/mol. The maximum atomic E-state index is 9.01. The number of ether oxygens (including phenoxy) is 1. The first kappa shape index (κ1) is 11.9. The number of rotatable bonds is 6. The van der Waals surface area contributed by atoms with Crippen LogP contribution in [-0.2, 0) is 6.42 Å². The van der Waals surface area contributed by atoms with E-state index in [1.807, 2.05) is 18.2 Å². The van der Waals surface area contributed by atoms with Crippen LogP contribution in [0.5, 0.6) is 5.75 Å². The van der Waals surface area contributed by atoms with Crippen molar-refractivity contribution in [2.24, 2.45) is 0 Å². The molecule has 3 heteroatoms. The minimum Gasteiger partial charge on any atom is -0.491 e. The molecule has 0 spiro atoms. The highest BCUT2D eigenvalue weighted by Gasteiger charge is 2.24. The van der Waals surface area contributed by atoms with Crippen LogP contribution >= 0.6 is 0 Å². The van der Waals surface area contributed by atoms with Crippen LogP contribution in [0.25, 0.3) is 0 Å². The Morgan fingerprint density at radius 1 is 1.47 bits per heavy atom. The standard InChI is InChI=1S/C14H18N2O/c1-2-11-5-3-4-6-14(11)17-10-13(9-15)16-12-7-8-12/h3-6,12-13,16H,2,7-8,10H2,1H3. The monoisotopic (exact) mass is 230 g/mol. The van der Waals surface area contributed by atoms with Gasteiger partial charge in [-0.1, -0.05) is 25.1 Å². The van der Waals surface area contributed by atoms with Gasteiger partial charge in [0, 0.05) is 6.04 Å². The third kappa shape index (κ3) is 3.47. The Morgan fingerprint density at radius 3 is 2.88 bits per heavy atom. The maximum Gasteiger partial charge on any atom is 0.130 e. The van der Waals surface area contributed by atoms with Gasteiger partial charge in [-0.05, 0) is 30.9 Å². The second-order valence-corrected chi connectivity index (χ2v) is 4.39. The lowest BCUT2D eigenvalue weighted by Crippen LogP contribution is -2.34. The van der Waals surface area contributed by atoms with Gasteiger partial charge in [-0.15, -0.1) is 0 Å². The van der Waals surface area contributed by atoms with Crippen molar-refractivity contribution in [2.75, 3.05) is 6.61 Å². The quantitative estimate of drug-likeness (QED) is 0.815. The Hall–Kier alpha value is -1.53. The molecule has 0 amide bonds. The van der Waals surface area contributed by atoms with Crippen molar-refractivity contribution in [1.29, 1.82) is 5.26 Å². The number of hydrogen-bond donors (Lipinski definition) is 1. The number of hydrogen-bond acceptors (Lipinski definition) is 3. The molecule has 3 nitrogen and oxygen atoms in total. The average molecular weight is 230 g/mol. The highest BCUT2D eigenvalue weighted by Crippen LogP contribution is 2.21. The number of benzene rings is 1. The summed E-state index contributed by atoms with van der Waals surface area (Å²) in [7, 11) is 0. The molecule has 1 fully saturated rings. The second kappa shape index (κ2) is 5.70. The van der Waals surface area contributed by atoms with Gasteiger partial charge in [0.25, 0.3) is 0 Å². The number of para-hydroxylation sites is 1. The fourth-order valence-corrected chi connectivity index (χ4v) is 1.77. The molecule has 0 saturated heterocycles. The van der Waals surface area contributed by atoms with Gasteiger partial charge in [-0.25, -0.2) is 0 Å². The van der Waals surface area contributed by atoms with Gasteiger partial charge >= 0.3 is 0 Å². The molecule has 17 heavy (non-hydrogen) atoms. The zero-order valence-electron chi connectivity index (χ0n) is 10.1. The van der Waals surface area contributed by atoms with E-state index in [1.54, 1.807) is 0 Å². The summed E-state index contributed by atoms with van der Waals surface area (Å²) in [5, 5.41) is 12.3. The Kier molecular flexibility index (Phi) is 4.00. The van der Waals surface area contributed by atoms with E-state index in [4.69, 9.17) is 10.00 Å². The molecular formula is C14H18N2O. The molecule has 1 aromatic carbocycles. The average Bonchev–Trinajstić information content (AvgIpc) is 3.18. The molecule has 1 unspecified atom stereocenters. The van der Waals surface area contributed by atoms with Crippen molar-refractivity contribution >= 4 is 0 Å². The van der Waals surface area contributed by atoms with Crippen LogP contribution in [0.3, 0.4) is 0 Å². The summed E-state index contributed by atoms with van der Waals surface area (Å²) < 4.78 is 5.72. The number of nitrogens with zero attached hydrogens (tertiary/aromatic N) is 1. The van der Waals surface area contributed by atoms with Gasteiger partial charge in [0.2, 0.25) is 0 Å². The predicted molar refractivity (Wildman–Crippen MR) is 66.9 cm³/mol. The van der Waals surface area contributed by atoms with Crippen LogP contribution in [0, 0.1) is 11.3 Å². The van der Waals surface area contributed by atoms with Crippen LogP contribution < -0.4 is 10.1 Å². The minimum absolute atomic E-state index is 0.201. The van der Waals surface area contributed by atoms with E-state index in [1.165, 1.54) is 18.4 Å². The molecule has 0 radical (unpaired) electrons. The summed E-state index contributed by atoms with van der Waals surface area (Å²) in [6.07, 6.45) is 3.32. The maximum absolute atomic E-state index is 9.01. The van der Waals surface area contributed by atoms with Crippen molar-refractivity contribution in [3.05, 3.63) is 29.8 Å². The Labute approximate surface area is 102 Å². The van der Waals surface area contributed by atoms with Gasteiger partial charge in [0.15, 0.2) is 0 Å². The van der Waals surface area contributed by atoms with Crippen LogP contribution in [0.1, 0.15) is 25.3 Å². The van der Waals surface area contributed by atoms with Crippen molar-refractivity contribution in [1.82, 2.24) is 5.32 Å². The topological polar surface area (TPSA) is 45.0 Å². The minimum atomic E-state index is -0.201. The van der Waals surface area contributed by atoms with Gasteiger partial charge in [-0.2, -0.15) is 5.26 Å². The third-order valence-corrected chi connectivity index (χ3v) is 2.93. The molecule has 2 rings (SSSR count). The van der Waals surface area contributed by atoms with E-state index in [2.05, 4.69) is 24.4 Å². The molecule has 1 N–H and O–H groups in total. The Morgan fingerprint density at radius 2 is 2.24 bits per heavy atom. The molecule has 1 aromatic rings. The Bertz CT molecular complexity index is 407. The van der Waals surface area contributed by atoms with Crippen molar-refractivity contribution in [3.8, 4) is 11.8 Å². The summed E-state index contributed by atoms with van der Waals surface area (Å²) in [6, 6.07) is 10.6. The van der Waals surface area contributed by atoms with E-state index in [0.29, 0.717) is 12.6 Å². The summed E-state index contributed by atoms with van der Waals surface area (Å²) in [5.74, 6) is 0.896. The van der Waals surface area contributed by atoms with Crippen LogP contribution in [0.15, 0.2) is 24.3 Å². The van der Waals surface area contributed by atoms with Gasteiger partial charge in [0.1, 0.15) is 18.4 Å². The second-order valence-electron chi connectivity index (χ2n) is 4.39. The van der Waals surface area contributed by atoms with E-state index in [0.717, 1.165) is 12.2 Å². The molecule has 1 aliphatic carbocycles. The molecule has 0 bridgehead atoms. The molecule has 0 heterocycles. The fourth-order valence-electron chi connectivity index (χ4n) is 1.77. The molecule has 1 aliphatic rings. The smallest absolute Gasteiger partial charge is 0.130 e. The lowest BCUT2D eigenvalue weighted by molar-refractivity contribution is 0.286. The lowest BCUT2D eigenvalue weighted by Gasteiger charge is -2.14. The molecule has 0 aromatic heterocycles. The molecule has 1 saturated carbocycles. The summed E-state index contributed by atoms with van der Waals surface area (Å²) in [4.78, 5) is 0.